The molecule has 1 fully saturated rings. The van der Waals surface area contributed by atoms with Crippen LogP contribution in [0.5, 0.6) is 0 Å². The van der Waals surface area contributed by atoms with Gasteiger partial charge in [0, 0.05) is 49.2 Å². The summed E-state index contributed by atoms with van der Waals surface area (Å²) >= 11 is 0. The van der Waals surface area contributed by atoms with Gasteiger partial charge in [-0.05, 0) is 69.4 Å². The Kier molecular flexibility index (Phi) is 7.13. The molecule has 0 aliphatic carbocycles. The van der Waals surface area contributed by atoms with Crippen molar-refractivity contribution >= 4 is 40.3 Å². The van der Waals surface area contributed by atoms with Crippen LogP contribution in [0, 0.1) is 0 Å². The highest BCUT2D eigenvalue weighted by Crippen LogP contribution is 2.30. The maximum Gasteiger partial charge on any atom is 0.416 e. The summed E-state index contributed by atoms with van der Waals surface area (Å²) < 4.78 is 40.4. The monoisotopic (exact) mass is 538 g/mol. The van der Waals surface area contributed by atoms with E-state index in [9.17, 15) is 18.0 Å². The van der Waals surface area contributed by atoms with Crippen LogP contribution < -0.4 is 15.5 Å². The zero-order chi connectivity index (χ0) is 27.7. The van der Waals surface area contributed by atoms with Gasteiger partial charge in [-0.15, -0.1) is 0 Å². The van der Waals surface area contributed by atoms with Crippen LogP contribution in [0.25, 0.3) is 11.2 Å². The molecule has 2 aromatic heterocycles. The number of halogens is 3. The molecule has 0 unspecified atom stereocenters. The molecule has 12 heteroatoms. The molecule has 0 spiro atoms. The molecule has 1 aliphatic rings. The van der Waals surface area contributed by atoms with E-state index in [0.717, 1.165) is 61.8 Å². The molecule has 39 heavy (non-hydrogen) atoms. The molecule has 0 bridgehead atoms. The Morgan fingerprint density at radius 1 is 0.949 bits per heavy atom. The Bertz CT molecular complexity index is 1460. The fourth-order valence-corrected chi connectivity index (χ4v) is 4.46. The third-order valence-electron chi connectivity index (χ3n) is 6.64. The van der Waals surface area contributed by atoms with E-state index < -0.39 is 17.6 Å². The number of likely N-dealkylation sites (N-methyl/N-ethyl adjacent to an activating group) is 1. The molecule has 5 rings (SSSR count). The standard InChI is InChI=1S/C27H29F3N8O/c1-17(2)38-23-22(33-26(38)35-24(39)18-4-6-19(7-5-18)27(28,29)30)16-31-25(34-23)32-20-8-10-21(11-9-20)37-14-12-36(3)13-15-37/h4-11,16-17H,12-15H2,1-3H3,(H,31,32,34)(H,33,35,39). The average molecular weight is 539 g/mol. The van der Waals surface area contributed by atoms with E-state index in [-0.39, 0.29) is 17.6 Å². The van der Waals surface area contributed by atoms with Crippen molar-refractivity contribution in [2.45, 2.75) is 26.1 Å². The highest BCUT2D eigenvalue weighted by Gasteiger charge is 2.30. The number of carbonyl (C=O) groups is 1. The summed E-state index contributed by atoms with van der Waals surface area (Å²) in [4.78, 5) is 30.9. The van der Waals surface area contributed by atoms with Crippen molar-refractivity contribution in [3.8, 4) is 0 Å². The molecule has 1 amide bonds. The van der Waals surface area contributed by atoms with Gasteiger partial charge in [-0.3, -0.25) is 14.7 Å². The van der Waals surface area contributed by atoms with Gasteiger partial charge in [0.25, 0.3) is 5.91 Å². The fourth-order valence-electron chi connectivity index (χ4n) is 4.46. The lowest BCUT2D eigenvalue weighted by atomic mass is 10.1. The second kappa shape index (κ2) is 10.5. The number of aromatic nitrogens is 4. The zero-order valence-corrected chi connectivity index (χ0v) is 21.8. The lowest BCUT2D eigenvalue weighted by Crippen LogP contribution is -2.44. The number of carbonyl (C=O) groups excluding carboxylic acids is 1. The molecule has 0 saturated carbocycles. The van der Waals surface area contributed by atoms with E-state index in [1.165, 1.54) is 0 Å². The maximum absolute atomic E-state index is 12.9. The molecule has 4 aromatic rings. The van der Waals surface area contributed by atoms with Gasteiger partial charge in [0.2, 0.25) is 11.9 Å². The van der Waals surface area contributed by atoms with E-state index in [0.29, 0.717) is 17.1 Å². The second-order valence-electron chi connectivity index (χ2n) is 9.79. The van der Waals surface area contributed by atoms with E-state index in [4.69, 9.17) is 0 Å². The Morgan fingerprint density at radius 2 is 1.62 bits per heavy atom. The number of hydrogen-bond acceptors (Lipinski definition) is 7. The van der Waals surface area contributed by atoms with Crippen LogP contribution in [0.2, 0.25) is 0 Å². The zero-order valence-electron chi connectivity index (χ0n) is 21.8. The number of imidazole rings is 1. The predicted molar refractivity (Wildman–Crippen MR) is 145 cm³/mol. The maximum atomic E-state index is 12.9. The summed E-state index contributed by atoms with van der Waals surface area (Å²) in [7, 11) is 2.13. The number of hydrogen-bond donors (Lipinski definition) is 2. The quantitative estimate of drug-likeness (QED) is 0.350. The van der Waals surface area contributed by atoms with Gasteiger partial charge in [0.15, 0.2) is 5.65 Å². The fraction of sp³-hybridized carbons (Fsp3) is 0.333. The van der Waals surface area contributed by atoms with Crippen molar-refractivity contribution in [1.29, 1.82) is 0 Å². The van der Waals surface area contributed by atoms with Crippen molar-refractivity contribution in [2.75, 3.05) is 48.8 Å². The first-order valence-electron chi connectivity index (χ1n) is 12.6. The average Bonchev–Trinajstić information content (AvgIpc) is 3.26. The van der Waals surface area contributed by atoms with Crippen LogP contribution >= 0.6 is 0 Å². The van der Waals surface area contributed by atoms with Crippen molar-refractivity contribution in [3.05, 3.63) is 65.9 Å². The first-order chi connectivity index (χ1) is 18.6. The minimum absolute atomic E-state index is 0.0822. The molecule has 0 atom stereocenters. The summed E-state index contributed by atoms with van der Waals surface area (Å²) in [5.74, 6) is 0.0258. The molecular formula is C27H29F3N8O. The topological polar surface area (TPSA) is 91.2 Å². The number of alkyl halides is 3. The smallest absolute Gasteiger partial charge is 0.369 e. The van der Waals surface area contributed by atoms with Gasteiger partial charge in [-0.25, -0.2) is 9.97 Å². The highest BCUT2D eigenvalue weighted by atomic mass is 19.4. The van der Waals surface area contributed by atoms with Crippen molar-refractivity contribution < 1.29 is 18.0 Å². The lowest BCUT2D eigenvalue weighted by Gasteiger charge is -2.34. The summed E-state index contributed by atoms with van der Waals surface area (Å²) in [6.45, 7) is 7.87. The van der Waals surface area contributed by atoms with Crippen LogP contribution in [-0.4, -0.2) is 63.6 Å². The van der Waals surface area contributed by atoms with Crippen LogP contribution in [-0.2, 0) is 6.18 Å². The van der Waals surface area contributed by atoms with Crippen molar-refractivity contribution in [1.82, 2.24) is 24.4 Å². The lowest BCUT2D eigenvalue weighted by molar-refractivity contribution is -0.137. The number of amides is 1. The van der Waals surface area contributed by atoms with E-state index in [1.54, 1.807) is 10.8 Å². The molecule has 1 aliphatic heterocycles. The van der Waals surface area contributed by atoms with Gasteiger partial charge in [0.05, 0.1) is 11.8 Å². The molecule has 0 radical (unpaired) electrons. The molecule has 2 aromatic carbocycles. The number of nitrogens with zero attached hydrogens (tertiary/aromatic N) is 6. The molecule has 204 valence electrons. The minimum Gasteiger partial charge on any atom is -0.369 e. The number of fused-ring (bicyclic) bond motifs is 1. The third-order valence-corrected chi connectivity index (χ3v) is 6.64. The number of anilines is 4. The summed E-state index contributed by atoms with van der Waals surface area (Å²) in [5.41, 5.74) is 2.24. The molecule has 3 heterocycles. The van der Waals surface area contributed by atoms with Gasteiger partial charge in [-0.1, -0.05) is 0 Å². The van der Waals surface area contributed by atoms with Gasteiger partial charge in [0.1, 0.15) is 5.52 Å². The van der Waals surface area contributed by atoms with E-state index in [2.05, 4.69) is 54.6 Å². The van der Waals surface area contributed by atoms with Gasteiger partial charge in [-0.2, -0.15) is 18.2 Å². The molecular weight excluding hydrogens is 509 g/mol. The van der Waals surface area contributed by atoms with Crippen molar-refractivity contribution in [3.63, 3.8) is 0 Å². The van der Waals surface area contributed by atoms with Crippen LogP contribution in [0.1, 0.15) is 35.8 Å². The van der Waals surface area contributed by atoms with Crippen molar-refractivity contribution in [2.24, 2.45) is 0 Å². The van der Waals surface area contributed by atoms with Crippen LogP contribution in [0.3, 0.4) is 0 Å². The first-order valence-corrected chi connectivity index (χ1v) is 12.6. The SMILES string of the molecule is CC(C)n1c(NC(=O)c2ccc(C(F)(F)F)cc2)nc2cnc(Nc3ccc(N4CCN(C)CC4)cc3)nc21. The van der Waals surface area contributed by atoms with Crippen LogP contribution in [0.15, 0.2) is 54.7 Å². The summed E-state index contributed by atoms with van der Waals surface area (Å²) in [6.07, 6.45) is -2.91. The Morgan fingerprint density at radius 3 is 2.23 bits per heavy atom. The Balaban J connectivity index is 1.34. The van der Waals surface area contributed by atoms with E-state index in [1.807, 2.05) is 26.0 Å². The first kappa shape index (κ1) is 26.4. The van der Waals surface area contributed by atoms with E-state index >= 15 is 0 Å². The number of rotatable bonds is 6. The summed E-state index contributed by atoms with van der Waals surface area (Å²) in [5, 5.41) is 5.92. The Hall–Kier alpha value is -4.19. The predicted octanol–water partition coefficient (Wildman–Crippen LogP) is 5.17. The summed E-state index contributed by atoms with van der Waals surface area (Å²) in [6, 6.07) is 12.0. The number of nitrogens with one attached hydrogen (secondary N) is 2. The molecule has 2 N–H and O–H groups in total. The normalized spacial score (nSPS) is 14.7. The minimum atomic E-state index is -4.47. The second-order valence-corrected chi connectivity index (χ2v) is 9.79. The molecule has 1 saturated heterocycles. The number of piperazine rings is 1. The third kappa shape index (κ3) is 5.80. The number of benzene rings is 2. The van der Waals surface area contributed by atoms with Gasteiger partial charge < -0.3 is 15.1 Å². The largest absolute Gasteiger partial charge is 0.416 e. The van der Waals surface area contributed by atoms with Crippen LogP contribution in [0.4, 0.5) is 36.4 Å². The van der Waals surface area contributed by atoms with Gasteiger partial charge >= 0.3 is 6.18 Å². The highest BCUT2D eigenvalue weighted by molar-refractivity contribution is 6.04. The Labute approximate surface area is 223 Å². The molecule has 9 nitrogen and oxygen atoms in total.